The van der Waals surface area contributed by atoms with Gasteiger partial charge in [0.15, 0.2) is 0 Å². The Labute approximate surface area is 208 Å². The van der Waals surface area contributed by atoms with Crippen LogP contribution in [0.3, 0.4) is 0 Å². The van der Waals surface area contributed by atoms with Gasteiger partial charge >= 0.3 is 6.09 Å². The van der Waals surface area contributed by atoms with Crippen molar-refractivity contribution in [2.24, 2.45) is 5.92 Å². The molecule has 35 heavy (non-hydrogen) atoms. The largest absolute Gasteiger partial charge is 0.474 e. The van der Waals surface area contributed by atoms with E-state index in [1.54, 1.807) is 12.1 Å². The van der Waals surface area contributed by atoms with Gasteiger partial charge in [0.25, 0.3) is 0 Å². The van der Waals surface area contributed by atoms with Crippen molar-refractivity contribution in [3.8, 4) is 17.0 Å². The molecule has 0 aliphatic rings. The van der Waals surface area contributed by atoms with Crippen LogP contribution in [0.5, 0.6) is 5.88 Å². The molecule has 9 heteroatoms. The first-order valence-corrected chi connectivity index (χ1v) is 11.7. The van der Waals surface area contributed by atoms with Crippen molar-refractivity contribution in [2.45, 2.75) is 59.0 Å². The topological polar surface area (TPSA) is 75.6 Å². The van der Waals surface area contributed by atoms with Crippen molar-refractivity contribution in [1.29, 1.82) is 0 Å². The molecule has 0 aliphatic heterocycles. The first-order valence-electron chi connectivity index (χ1n) is 11.3. The molecule has 1 aromatic carbocycles. The van der Waals surface area contributed by atoms with E-state index in [1.807, 2.05) is 41.5 Å². The molecular formula is C26H30ClF2N3O3. The van der Waals surface area contributed by atoms with Gasteiger partial charge in [0.1, 0.15) is 23.3 Å². The van der Waals surface area contributed by atoms with Crippen molar-refractivity contribution in [3.05, 3.63) is 53.3 Å². The van der Waals surface area contributed by atoms with Gasteiger partial charge in [-0.3, -0.25) is 9.88 Å². The number of ether oxygens (including phenoxy) is 1. The van der Waals surface area contributed by atoms with E-state index in [9.17, 15) is 18.7 Å². The molecule has 1 atom stereocenters. The van der Waals surface area contributed by atoms with Crippen LogP contribution >= 0.6 is 11.6 Å². The second-order valence-corrected chi connectivity index (χ2v) is 10.7. The second-order valence-electron chi connectivity index (χ2n) is 10.3. The first kappa shape index (κ1) is 26.6. The highest BCUT2D eigenvalue weighted by Gasteiger charge is 2.43. The third kappa shape index (κ3) is 5.81. The number of amides is 1. The number of pyridine rings is 2. The number of carboxylic acid groups (broad SMARTS) is 1. The fourth-order valence-electron chi connectivity index (χ4n) is 4.77. The zero-order valence-corrected chi connectivity index (χ0v) is 21.5. The highest BCUT2D eigenvalue weighted by molar-refractivity contribution is 6.32. The minimum atomic E-state index is -1.04. The van der Waals surface area contributed by atoms with Gasteiger partial charge in [-0.2, -0.15) is 0 Å². The molecule has 1 N–H and O–H groups in total. The number of aromatic nitrogens is 2. The summed E-state index contributed by atoms with van der Waals surface area (Å²) in [5.74, 6) is -1.11. The SMILES string of the molecule is CC(C)C[C@@](C)(COc1ncc(-c2ccnc3cc(F)cc(F)c23)cc1Cl)N(C(=O)O)C(C)(C)C. The van der Waals surface area contributed by atoms with E-state index in [0.29, 0.717) is 17.5 Å². The summed E-state index contributed by atoms with van der Waals surface area (Å²) < 4.78 is 34.1. The lowest BCUT2D eigenvalue weighted by molar-refractivity contribution is -0.0116. The number of fused-ring (bicyclic) bond motifs is 1. The Kier molecular flexibility index (Phi) is 7.55. The molecule has 0 saturated heterocycles. The quantitative estimate of drug-likeness (QED) is 0.367. The number of hydrogen-bond acceptors (Lipinski definition) is 4. The number of carbonyl (C=O) groups is 1. The predicted molar refractivity (Wildman–Crippen MR) is 133 cm³/mol. The summed E-state index contributed by atoms with van der Waals surface area (Å²) in [5, 5.41) is 10.3. The first-order chi connectivity index (χ1) is 16.2. The number of halogens is 3. The Bertz CT molecular complexity index is 1250. The molecule has 0 saturated carbocycles. The molecule has 6 nitrogen and oxygen atoms in total. The van der Waals surface area contributed by atoms with Gasteiger partial charge in [0, 0.05) is 41.0 Å². The molecule has 0 fully saturated rings. The Morgan fingerprint density at radius 1 is 1.17 bits per heavy atom. The normalized spacial score (nSPS) is 13.7. The summed E-state index contributed by atoms with van der Waals surface area (Å²) in [6.45, 7) is 11.4. The van der Waals surface area contributed by atoms with E-state index in [1.165, 1.54) is 17.3 Å². The van der Waals surface area contributed by atoms with Gasteiger partial charge in [-0.25, -0.2) is 18.6 Å². The Balaban J connectivity index is 1.94. The molecule has 1 amide bonds. The van der Waals surface area contributed by atoms with Crippen molar-refractivity contribution >= 4 is 28.6 Å². The smallest absolute Gasteiger partial charge is 0.408 e. The zero-order chi connectivity index (χ0) is 26.1. The Morgan fingerprint density at radius 3 is 2.43 bits per heavy atom. The molecule has 0 radical (unpaired) electrons. The predicted octanol–water partition coefficient (Wildman–Crippen LogP) is 7.19. The van der Waals surface area contributed by atoms with E-state index >= 15 is 0 Å². The fraction of sp³-hybridized carbons (Fsp3) is 0.423. The monoisotopic (exact) mass is 505 g/mol. The molecule has 0 bridgehead atoms. The van der Waals surface area contributed by atoms with E-state index in [2.05, 4.69) is 9.97 Å². The third-order valence-electron chi connectivity index (χ3n) is 5.65. The van der Waals surface area contributed by atoms with Crippen molar-refractivity contribution in [3.63, 3.8) is 0 Å². The molecule has 0 unspecified atom stereocenters. The summed E-state index contributed by atoms with van der Waals surface area (Å²) in [7, 11) is 0. The van der Waals surface area contributed by atoms with Crippen LogP contribution in [0.1, 0.15) is 48.0 Å². The van der Waals surface area contributed by atoms with E-state index in [-0.39, 0.29) is 34.3 Å². The fourth-order valence-corrected chi connectivity index (χ4v) is 4.99. The molecule has 0 aliphatic carbocycles. The van der Waals surface area contributed by atoms with Crippen LogP contribution in [0.2, 0.25) is 5.02 Å². The van der Waals surface area contributed by atoms with Gasteiger partial charge < -0.3 is 9.84 Å². The lowest BCUT2D eigenvalue weighted by Crippen LogP contribution is -2.61. The third-order valence-corrected chi connectivity index (χ3v) is 5.92. The molecule has 3 rings (SSSR count). The molecule has 2 heterocycles. The summed E-state index contributed by atoms with van der Waals surface area (Å²) in [6.07, 6.45) is 2.46. The van der Waals surface area contributed by atoms with Crippen LogP contribution < -0.4 is 4.74 Å². The molecule has 188 valence electrons. The standard InChI is InChI=1S/C26H30ClF2N3O3/c1-15(2)12-26(6,32(24(33)34)25(3,4)5)14-35-23-19(27)9-16(13-31-23)18-7-8-30-21-11-17(28)10-20(29)22(18)21/h7-11,13,15H,12,14H2,1-6H3,(H,33,34)/t26-/m0/s1. The van der Waals surface area contributed by atoms with E-state index in [0.717, 1.165) is 12.1 Å². The van der Waals surface area contributed by atoms with Crippen LogP contribution in [-0.2, 0) is 0 Å². The maximum Gasteiger partial charge on any atom is 0.408 e. The number of benzene rings is 1. The van der Waals surface area contributed by atoms with Crippen LogP contribution in [-0.4, -0.2) is 43.8 Å². The number of hydrogen-bond donors (Lipinski definition) is 1. The van der Waals surface area contributed by atoms with Crippen LogP contribution in [0.15, 0.2) is 36.7 Å². The molecule has 0 spiro atoms. The number of rotatable bonds is 7. The van der Waals surface area contributed by atoms with Crippen molar-refractivity contribution in [1.82, 2.24) is 14.9 Å². The highest BCUT2D eigenvalue weighted by atomic mass is 35.5. The summed E-state index contributed by atoms with van der Waals surface area (Å²) in [5.41, 5.74) is -0.366. The molecule has 2 aromatic heterocycles. The van der Waals surface area contributed by atoms with Crippen LogP contribution in [0.4, 0.5) is 13.6 Å². The second kappa shape index (κ2) is 9.93. The van der Waals surface area contributed by atoms with Gasteiger partial charge in [-0.15, -0.1) is 0 Å². The maximum atomic E-state index is 14.6. The Hall–Kier alpha value is -3.00. The van der Waals surface area contributed by atoms with Crippen LogP contribution in [0.25, 0.3) is 22.0 Å². The maximum absolute atomic E-state index is 14.6. The molecular weight excluding hydrogens is 476 g/mol. The van der Waals surface area contributed by atoms with Gasteiger partial charge in [-0.05, 0) is 57.7 Å². The highest BCUT2D eigenvalue weighted by Crippen LogP contribution is 2.35. The van der Waals surface area contributed by atoms with Gasteiger partial charge in [0.05, 0.1) is 11.1 Å². The molecule has 3 aromatic rings. The average molecular weight is 506 g/mol. The lowest BCUT2D eigenvalue weighted by atomic mass is 9.86. The van der Waals surface area contributed by atoms with E-state index in [4.69, 9.17) is 16.3 Å². The summed E-state index contributed by atoms with van der Waals surface area (Å²) in [6, 6.07) is 5.15. The average Bonchev–Trinajstić information content (AvgIpc) is 2.70. The summed E-state index contributed by atoms with van der Waals surface area (Å²) in [4.78, 5) is 22.0. The van der Waals surface area contributed by atoms with Gasteiger partial charge in [0.2, 0.25) is 5.88 Å². The lowest BCUT2D eigenvalue weighted by Gasteiger charge is -2.47. The van der Waals surface area contributed by atoms with Crippen LogP contribution in [0, 0.1) is 17.6 Å². The van der Waals surface area contributed by atoms with Crippen molar-refractivity contribution < 1.29 is 23.4 Å². The van der Waals surface area contributed by atoms with Gasteiger partial charge in [-0.1, -0.05) is 25.4 Å². The number of nitrogens with zero attached hydrogens (tertiary/aromatic N) is 3. The van der Waals surface area contributed by atoms with Crippen molar-refractivity contribution in [2.75, 3.05) is 6.61 Å². The van der Waals surface area contributed by atoms with E-state index < -0.39 is 28.8 Å². The minimum Gasteiger partial charge on any atom is -0.474 e. The minimum absolute atomic E-state index is 0.0346. The summed E-state index contributed by atoms with van der Waals surface area (Å²) >= 11 is 6.48. The zero-order valence-electron chi connectivity index (χ0n) is 20.7. The Morgan fingerprint density at radius 2 is 1.86 bits per heavy atom.